The van der Waals surface area contributed by atoms with E-state index >= 15 is 0 Å². The fourth-order valence-electron chi connectivity index (χ4n) is 5.56. The number of hydrogen-bond donors (Lipinski definition) is 3. The Morgan fingerprint density at radius 1 is 1.06 bits per heavy atom. The van der Waals surface area contributed by atoms with Crippen LogP contribution in [0, 0.1) is 18.8 Å². The van der Waals surface area contributed by atoms with E-state index in [-0.39, 0.29) is 48.7 Å². The van der Waals surface area contributed by atoms with E-state index in [0.29, 0.717) is 11.4 Å². The fourth-order valence-corrected chi connectivity index (χ4v) is 7.78. The number of ether oxygens (including phenoxy) is 1. The van der Waals surface area contributed by atoms with Crippen molar-refractivity contribution in [3.8, 4) is 11.6 Å². The van der Waals surface area contributed by atoms with Crippen LogP contribution in [0.25, 0.3) is 0 Å². The van der Waals surface area contributed by atoms with Gasteiger partial charge in [-0.3, -0.25) is 13.9 Å². The van der Waals surface area contributed by atoms with Gasteiger partial charge in [-0.25, -0.2) is 18.2 Å². The van der Waals surface area contributed by atoms with Gasteiger partial charge in [-0.05, 0) is 55.0 Å². The summed E-state index contributed by atoms with van der Waals surface area (Å²) in [6.07, 6.45) is 0.109. The molecule has 0 unspecified atom stereocenters. The van der Waals surface area contributed by atoms with E-state index in [2.05, 4.69) is 10.3 Å². The third-order valence-corrected chi connectivity index (χ3v) is 10.6. The number of nitrogens with zero attached hydrogens (tertiary/aromatic N) is 4. The Morgan fingerprint density at radius 3 is 2.29 bits per heavy atom. The van der Waals surface area contributed by atoms with E-state index in [9.17, 15) is 28.2 Å². The molecule has 1 amide bonds. The number of carbonyl (C=O) groups excluding carboxylic acids is 1. The van der Waals surface area contributed by atoms with Crippen molar-refractivity contribution in [1.29, 1.82) is 0 Å². The van der Waals surface area contributed by atoms with Crippen LogP contribution in [0.1, 0.15) is 50.0 Å². The SMILES string of the molecule is COc1ccc(S(=O)(=O)N(CC(C)C)C[C@@H](O)[C@H](Cc2ccccc2)NC(=O)[C@H](C(C)C)n2cc(O)n(Cc3csc(C)n3)c2=O)cc1. The van der Waals surface area contributed by atoms with Crippen LogP contribution in [0.15, 0.2) is 75.9 Å². The highest BCUT2D eigenvalue weighted by molar-refractivity contribution is 7.89. The lowest BCUT2D eigenvalue weighted by Gasteiger charge is -2.32. The molecule has 4 rings (SSSR count). The van der Waals surface area contributed by atoms with Gasteiger partial charge in [0.25, 0.3) is 0 Å². The second-order valence-corrected chi connectivity index (χ2v) is 15.6. The van der Waals surface area contributed by atoms with Gasteiger partial charge in [-0.1, -0.05) is 58.0 Å². The van der Waals surface area contributed by atoms with Crippen LogP contribution in [0.4, 0.5) is 0 Å². The molecular formula is C34H45N5O7S2. The van der Waals surface area contributed by atoms with Crippen molar-refractivity contribution in [2.45, 2.75) is 70.7 Å². The van der Waals surface area contributed by atoms with Gasteiger partial charge >= 0.3 is 5.69 Å². The van der Waals surface area contributed by atoms with Crippen molar-refractivity contribution in [3.05, 3.63) is 92.9 Å². The molecule has 0 saturated heterocycles. The Kier molecular flexibility index (Phi) is 12.2. The van der Waals surface area contributed by atoms with Crippen LogP contribution in [-0.4, -0.2) is 75.3 Å². The molecule has 0 fully saturated rings. The molecule has 0 aliphatic rings. The van der Waals surface area contributed by atoms with E-state index < -0.39 is 39.8 Å². The molecule has 14 heteroatoms. The minimum Gasteiger partial charge on any atom is -0.497 e. The first kappa shape index (κ1) is 36.8. The smallest absolute Gasteiger partial charge is 0.332 e. The molecule has 12 nitrogen and oxygen atoms in total. The van der Waals surface area contributed by atoms with E-state index in [0.717, 1.165) is 15.1 Å². The third kappa shape index (κ3) is 8.92. The number of aromatic nitrogens is 3. The predicted molar refractivity (Wildman–Crippen MR) is 185 cm³/mol. The summed E-state index contributed by atoms with van der Waals surface area (Å²) in [6.45, 7) is 9.05. The number of methoxy groups -OCH3 is 1. The molecule has 0 saturated carbocycles. The van der Waals surface area contributed by atoms with Crippen molar-refractivity contribution in [1.82, 2.24) is 23.7 Å². The number of nitrogens with one attached hydrogen (secondary N) is 1. The lowest BCUT2D eigenvalue weighted by atomic mass is 9.98. The predicted octanol–water partition coefficient (Wildman–Crippen LogP) is 3.81. The largest absolute Gasteiger partial charge is 0.497 e. The molecule has 0 spiro atoms. The fraction of sp³-hybridized carbons (Fsp3) is 0.441. The number of rotatable bonds is 16. The normalized spacial score (nSPS) is 14.0. The van der Waals surface area contributed by atoms with Gasteiger partial charge in [0.05, 0.1) is 47.6 Å². The van der Waals surface area contributed by atoms with Gasteiger partial charge in [0.15, 0.2) is 0 Å². The molecule has 2 aromatic carbocycles. The first-order chi connectivity index (χ1) is 22.7. The molecular weight excluding hydrogens is 655 g/mol. The van der Waals surface area contributed by atoms with E-state index in [1.165, 1.54) is 45.6 Å². The van der Waals surface area contributed by atoms with Gasteiger partial charge in [0, 0.05) is 18.5 Å². The summed E-state index contributed by atoms with van der Waals surface area (Å²) in [5, 5.41) is 28.0. The van der Waals surface area contributed by atoms with Crippen LogP contribution in [-0.2, 0) is 27.8 Å². The van der Waals surface area contributed by atoms with Crippen molar-refractivity contribution in [3.63, 3.8) is 0 Å². The summed E-state index contributed by atoms with van der Waals surface area (Å²) >= 11 is 1.43. The molecule has 2 heterocycles. The standard InChI is InChI=1S/C34H45N5O7S2/c1-22(2)17-37(48(44,45)28-14-12-27(46-6)13-15-28)19-30(40)29(16-25-10-8-7-9-11-25)36-33(42)32(23(3)4)39-20-31(41)38(34(39)43)18-26-21-47-24(5)35-26/h7-15,20-23,29-30,32,40-41H,16-19H2,1-6H3,(H,36,42)/t29-,30+,32-/m0/s1. The molecule has 3 atom stereocenters. The summed E-state index contributed by atoms with van der Waals surface area (Å²) in [5.41, 5.74) is 0.844. The number of carbonyl (C=O) groups is 1. The topological polar surface area (TPSA) is 156 Å². The number of aryl methyl sites for hydroxylation is 1. The number of hydrogen-bond acceptors (Lipinski definition) is 9. The van der Waals surface area contributed by atoms with Crippen molar-refractivity contribution in [2.75, 3.05) is 20.2 Å². The highest BCUT2D eigenvalue weighted by atomic mass is 32.2. The molecule has 48 heavy (non-hydrogen) atoms. The average molecular weight is 700 g/mol. The molecule has 0 bridgehead atoms. The number of benzene rings is 2. The first-order valence-corrected chi connectivity index (χ1v) is 18.1. The zero-order valence-corrected chi connectivity index (χ0v) is 29.7. The summed E-state index contributed by atoms with van der Waals surface area (Å²) in [4.78, 5) is 32.0. The van der Waals surface area contributed by atoms with Crippen LogP contribution in [0.2, 0.25) is 0 Å². The summed E-state index contributed by atoms with van der Waals surface area (Å²) < 4.78 is 36.4. The number of thiazole rings is 1. The van der Waals surface area contributed by atoms with Gasteiger partial charge < -0.3 is 20.3 Å². The highest BCUT2D eigenvalue weighted by Crippen LogP contribution is 2.24. The zero-order chi connectivity index (χ0) is 35.2. The van der Waals surface area contributed by atoms with E-state index in [1.807, 2.05) is 51.1 Å². The molecule has 0 aliphatic carbocycles. The number of aromatic hydroxyl groups is 1. The Hall–Kier alpha value is -3.98. The van der Waals surface area contributed by atoms with Crippen molar-refractivity contribution >= 4 is 27.3 Å². The van der Waals surface area contributed by atoms with Gasteiger partial charge in [0.1, 0.15) is 11.8 Å². The Labute approximate surface area is 285 Å². The lowest BCUT2D eigenvalue weighted by molar-refractivity contribution is -0.127. The Morgan fingerprint density at radius 2 is 1.73 bits per heavy atom. The summed E-state index contributed by atoms with van der Waals surface area (Å²) in [6, 6.07) is 13.3. The summed E-state index contributed by atoms with van der Waals surface area (Å²) in [7, 11) is -2.54. The maximum Gasteiger partial charge on any atom is 0.332 e. The maximum absolute atomic E-state index is 14.0. The van der Waals surface area contributed by atoms with Crippen LogP contribution < -0.4 is 15.7 Å². The van der Waals surface area contributed by atoms with Crippen LogP contribution in [0.3, 0.4) is 0 Å². The molecule has 0 aliphatic heterocycles. The van der Waals surface area contributed by atoms with Gasteiger partial charge in [-0.2, -0.15) is 4.31 Å². The molecule has 2 aromatic heterocycles. The van der Waals surface area contributed by atoms with E-state index in [1.54, 1.807) is 31.4 Å². The summed E-state index contributed by atoms with van der Waals surface area (Å²) in [5.74, 6) is -0.799. The molecule has 0 radical (unpaired) electrons. The molecule has 260 valence electrons. The number of sulfonamides is 1. The van der Waals surface area contributed by atoms with Gasteiger partial charge in [-0.15, -0.1) is 11.3 Å². The van der Waals surface area contributed by atoms with Gasteiger partial charge in [0.2, 0.25) is 21.8 Å². The first-order valence-electron chi connectivity index (χ1n) is 15.8. The quantitative estimate of drug-likeness (QED) is 0.160. The number of aliphatic hydroxyl groups excluding tert-OH is 1. The average Bonchev–Trinajstić information content (AvgIpc) is 3.57. The number of aliphatic hydroxyl groups is 1. The van der Waals surface area contributed by atoms with Crippen LogP contribution >= 0.6 is 11.3 Å². The number of imidazole rings is 1. The Balaban J connectivity index is 1.64. The Bertz CT molecular complexity index is 1820. The second-order valence-electron chi connectivity index (χ2n) is 12.6. The molecule has 4 aromatic rings. The highest BCUT2D eigenvalue weighted by Gasteiger charge is 2.34. The van der Waals surface area contributed by atoms with Crippen LogP contribution in [0.5, 0.6) is 11.6 Å². The van der Waals surface area contributed by atoms with Crippen molar-refractivity contribution in [2.24, 2.45) is 11.8 Å². The number of amides is 1. The maximum atomic E-state index is 14.0. The lowest BCUT2D eigenvalue weighted by Crippen LogP contribution is -2.53. The van der Waals surface area contributed by atoms with E-state index in [4.69, 9.17) is 4.74 Å². The zero-order valence-electron chi connectivity index (χ0n) is 28.1. The monoisotopic (exact) mass is 699 g/mol. The van der Waals surface area contributed by atoms with Crippen molar-refractivity contribution < 1.29 is 28.2 Å². The minimum atomic E-state index is -4.03. The third-order valence-electron chi connectivity index (χ3n) is 7.92. The second kappa shape index (κ2) is 15.9. The minimum absolute atomic E-state index is 0.0398. The molecule has 3 N–H and O–H groups in total.